The largest absolute Gasteiger partial charge is 0.344 e. The van der Waals surface area contributed by atoms with Crippen molar-refractivity contribution < 1.29 is 19.2 Å². The highest BCUT2D eigenvalue weighted by atomic mass is 32.2. The molecule has 40 heavy (non-hydrogen) atoms. The second-order valence-corrected chi connectivity index (χ2v) is 10.0. The van der Waals surface area contributed by atoms with Crippen molar-refractivity contribution in [3.8, 4) is 6.07 Å². The molecular formula is C30H31N5O4S. The number of nitrogens with zero attached hydrogens (tertiary/aromatic N) is 2. The van der Waals surface area contributed by atoms with Gasteiger partial charge < -0.3 is 21.3 Å². The molecule has 0 fully saturated rings. The second kappa shape index (κ2) is 15.2. The monoisotopic (exact) mass is 557 g/mol. The van der Waals surface area contributed by atoms with Gasteiger partial charge in [0.25, 0.3) is 11.8 Å². The van der Waals surface area contributed by atoms with Gasteiger partial charge in [0.1, 0.15) is 6.07 Å². The number of para-hydroxylation sites is 1. The molecule has 3 aromatic carbocycles. The smallest absolute Gasteiger partial charge is 0.293 e. The van der Waals surface area contributed by atoms with Gasteiger partial charge in [-0.25, -0.2) is 0 Å². The maximum atomic E-state index is 13.3. The van der Waals surface area contributed by atoms with Crippen LogP contribution in [-0.2, 0) is 14.4 Å². The standard InChI is InChI=1S/C30H31N5O4S/c1-35(30(39)23-14-6-8-17-26(23)40-25-16-7-5-11-21(25)19-32)20-27(36)34-24(15-9-10-18-31)28(37)29(38)33-22-12-3-2-4-13-22/h2-8,11-14,16-17,24H,9-10,15,18,20,31H2,1H3,(H,33,38)(H,34,36)/t24-/m0/s1. The number of nitrogens with two attached hydrogens (primary N) is 1. The zero-order valence-electron chi connectivity index (χ0n) is 22.1. The molecule has 0 radical (unpaired) electrons. The topological polar surface area (TPSA) is 145 Å². The van der Waals surface area contributed by atoms with Crippen LogP contribution >= 0.6 is 11.8 Å². The number of likely N-dealkylation sites (N-methyl/N-ethyl adjacent to an activating group) is 1. The molecule has 0 spiro atoms. The fourth-order valence-electron chi connectivity index (χ4n) is 3.87. The van der Waals surface area contributed by atoms with Crippen molar-refractivity contribution in [2.75, 3.05) is 25.5 Å². The second-order valence-electron chi connectivity index (χ2n) is 8.96. The molecule has 0 aliphatic rings. The Morgan fingerprint density at radius 1 is 0.925 bits per heavy atom. The van der Waals surface area contributed by atoms with Gasteiger partial charge in [-0.2, -0.15) is 5.26 Å². The van der Waals surface area contributed by atoms with Gasteiger partial charge in [0, 0.05) is 22.5 Å². The Hall–Kier alpha value is -4.46. The van der Waals surface area contributed by atoms with Gasteiger partial charge >= 0.3 is 0 Å². The average molecular weight is 558 g/mol. The number of Topliss-reactive ketones (excluding diaryl/α,β-unsaturated/α-hetero) is 1. The molecule has 0 bridgehead atoms. The third kappa shape index (κ3) is 8.53. The fraction of sp³-hybridized carbons (Fsp3) is 0.233. The lowest BCUT2D eigenvalue weighted by molar-refractivity contribution is -0.137. The fourth-order valence-corrected chi connectivity index (χ4v) is 4.88. The molecule has 0 saturated carbocycles. The maximum absolute atomic E-state index is 13.3. The van der Waals surface area contributed by atoms with Crippen molar-refractivity contribution in [1.29, 1.82) is 5.26 Å². The molecule has 206 valence electrons. The average Bonchev–Trinajstić information content (AvgIpc) is 2.97. The first-order valence-electron chi connectivity index (χ1n) is 12.7. The summed E-state index contributed by atoms with van der Waals surface area (Å²) in [6.07, 6.45) is 1.40. The summed E-state index contributed by atoms with van der Waals surface area (Å²) in [6.45, 7) is 0.0894. The predicted octanol–water partition coefficient (Wildman–Crippen LogP) is 3.60. The van der Waals surface area contributed by atoms with Gasteiger partial charge in [-0.3, -0.25) is 19.2 Å². The summed E-state index contributed by atoms with van der Waals surface area (Å²) in [5.74, 6) is -2.59. The normalized spacial score (nSPS) is 11.1. The van der Waals surface area contributed by atoms with E-state index < -0.39 is 29.5 Å². The van der Waals surface area contributed by atoms with E-state index in [9.17, 15) is 24.4 Å². The molecular weight excluding hydrogens is 526 g/mol. The molecule has 3 amide bonds. The minimum Gasteiger partial charge on any atom is -0.344 e. The Kier molecular flexibility index (Phi) is 11.4. The Balaban J connectivity index is 1.68. The molecule has 10 heteroatoms. The van der Waals surface area contributed by atoms with Crippen LogP contribution < -0.4 is 16.4 Å². The van der Waals surface area contributed by atoms with Gasteiger partial charge in [0.15, 0.2) is 0 Å². The van der Waals surface area contributed by atoms with E-state index >= 15 is 0 Å². The summed E-state index contributed by atoms with van der Waals surface area (Å²) in [6, 6.07) is 23.7. The van der Waals surface area contributed by atoms with Crippen molar-refractivity contribution in [2.45, 2.75) is 35.1 Å². The van der Waals surface area contributed by atoms with E-state index in [1.807, 2.05) is 6.07 Å². The number of carbonyl (C=O) groups excluding carboxylic acids is 4. The number of amides is 3. The number of hydrogen-bond acceptors (Lipinski definition) is 7. The van der Waals surface area contributed by atoms with E-state index in [0.717, 1.165) is 0 Å². The van der Waals surface area contributed by atoms with E-state index in [1.165, 1.54) is 23.7 Å². The molecule has 3 aromatic rings. The van der Waals surface area contributed by atoms with E-state index in [1.54, 1.807) is 72.8 Å². The Bertz CT molecular complexity index is 1390. The van der Waals surface area contributed by atoms with Crippen molar-refractivity contribution in [1.82, 2.24) is 10.2 Å². The van der Waals surface area contributed by atoms with Crippen LogP contribution in [0.25, 0.3) is 0 Å². The Morgan fingerprint density at radius 3 is 2.27 bits per heavy atom. The quantitative estimate of drug-likeness (QED) is 0.215. The molecule has 0 aliphatic heterocycles. The molecule has 3 rings (SSSR count). The Labute approximate surface area is 237 Å². The van der Waals surface area contributed by atoms with Gasteiger partial charge in [-0.05, 0) is 62.2 Å². The highest BCUT2D eigenvalue weighted by Gasteiger charge is 2.28. The SMILES string of the molecule is CN(CC(=O)N[C@@H](CCCCN)C(=O)C(=O)Nc1ccccc1)C(=O)c1ccccc1Sc1ccccc1C#N. The highest BCUT2D eigenvalue weighted by Crippen LogP contribution is 2.33. The van der Waals surface area contributed by atoms with Crippen LogP contribution in [0.15, 0.2) is 88.7 Å². The number of ketones is 1. The summed E-state index contributed by atoms with van der Waals surface area (Å²) in [7, 11) is 1.49. The highest BCUT2D eigenvalue weighted by molar-refractivity contribution is 7.99. The lowest BCUT2D eigenvalue weighted by atomic mass is 10.0. The summed E-state index contributed by atoms with van der Waals surface area (Å²) in [5, 5.41) is 14.6. The number of nitrogens with one attached hydrogen (secondary N) is 2. The molecule has 0 saturated heterocycles. The van der Waals surface area contributed by atoms with Crippen molar-refractivity contribution in [3.05, 3.63) is 90.0 Å². The maximum Gasteiger partial charge on any atom is 0.293 e. The zero-order chi connectivity index (χ0) is 28.9. The first-order valence-corrected chi connectivity index (χ1v) is 13.6. The minimum absolute atomic E-state index is 0.236. The number of anilines is 1. The van der Waals surface area contributed by atoms with Gasteiger partial charge in [0.05, 0.1) is 23.7 Å². The minimum atomic E-state index is -1.06. The molecule has 0 heterocycles. The van der Waals surface area contributed by atoms with Crippen molar-refractivity contribution >= 4 is 41.0 Å². The summed E-state index contributed by atoms with van der Waals surface area (Å²) >= 11 is 1.29. The summed E-state index contributed by atoms with van der Waals surface area (Å²) in [4.78, 5) is 54.3. The van der Waals surface area contributed by atoms with Gasteiger partial charge in [-0.1, -0.05) is 54.2 Å². The Morgan fingerprint density at radius 2 is 1.57 bits per heavy atom. The number of hydrogen-bond donors (Lipinski definition) is 3. The molecule has 0 unspecified atom stereocenters. The van der Waals surface area contributed by atoms with E-state index in [0.29, 0.717) is 46.0 Å². The molecule has 4 N–H and O–H groups in total. The first kappa shape index (κ1) is 30.1. The van der Waals surface area contributed by atoms with E-state index in [4.69, 9.17) is 5.73 Å². The lowest BCUT2D eigenvalue weighted by Gasteiger charge is -2.21. The summed E-state index contributed by atoms with van der Waals surface area (Å²) < 4.78 is 0. The van der Waals surface area contributed by atoms with Crippen LogP contribution in [0.1, 0.15) is 35.2 Å². The first-order chi connectivity index (χ1) is 19.3. The van der Waals surface area contributed by atoms with Crippen LogP contribution in [0, 0.1) is 11.3 Å². The zero-order valence-corrected chi connectivity index (χ0v) is 22.9. The van der Waals surface area contributed by atoms with Crippen LogP contribution in [-0.4, -0.2) is 54.6 Å². The number of unbranched alkanes of at least 4 members (excludes halogenated alkanes) is 1. The van der Waals surface area contributed by atoms with Crippen molar-refractivity contribution in [3.63, 3.8) is 0 Å². The third-order valence-electron chi connectivity index (χ3n) is 5.93. The molecule has 0 aromatic heterocycles. The lowest BCUT2D eigenvalue weighted by Crippen LogP contribution is -2.49. The van der Waals surface area contributed by atoms with E-state index in [-0.39, 0.29) is 13.0 Å². The van der Waals surface area contributed by atoms with Crippen LogP contribution in [0.5, 0.6) is 0 Å². The molecule has 0 aliphatic carbocycles. The summed E-state index contributed by atoms with van der Waals surface area (Å²) in [5.41, 5.74) is 6.90. The van der Waals surface area contributed by atoms with Gasteiger partial charge in [-0.15, -0.1) is 0 Å². The van der Waals surface area contributed by atoms with Crippen LogP contribution in [0.4, 0.5) is 5.69 Å². The number of benzene rings is 3. The molecule has 1 atom stereocenters. The number of nitriles is 1. The number of rotatable bonds is 13. The van der Waals surface area contributed by atoms with Crippen molar-refractivity contribution in [2.24, 2.45) is 5.73 Å². The van der Waals surface area contributed by atoms with E-state index in [2.05, 4.69) is 16.7 Å². The third-order valence-corrected chi connectivity index (χ3v) is 7.08. The van der Waals surface area contributed by atoms with Crippen LogP contribution in [0.2, 0.25) is 0 Å². The van der Waals surface area contributed by atoms with Crippen LogP contribution in [0.3, 0.4) is 0 Å². The predicted molar refractivity (Wildman–Crippen MR) is 154 cm³/mol. The number of carbonyl (C=O) groups is 4. The molecule has 9 nitrogen and oxygen atoms in total. The van der Waals surface area contributed by atoms with Gasteiger partial charge in [0.2, 0.25) is 11.7 Å².